The van der Waals surface area contributed by atoms with Gasteiger partial charge in [0.1, 0.15) is 0 Å². The van der Waals surface area contributed by atoms with E-state index in [0.29, 0.717) is 13.1 Å². The zero-order valence-corrected chi connectivity index (χ0v) is 13.2. The van der Waals surface area contributed by atoms with Gasteiger partial charge in [0.2, 0.25) is 0 Å². The van der Waals surface area contributed by atoms with Gasteiger partial charge < -0.3 is 20.6 Å². The van der Waals surface area contributed by atoms with Crippen molar-refractivity contribution in [3.8, 4) is 0 Å². The van der Waals surface area contributed by atoms with Gasteiger partial charge in [-0.1, -0.05) is 20.3 Å². The van der Waals surface area contributed by atoms with Crippen LogP contribution in [0.3, 0.4) is 0 Å². The summed E-state index contributed by atoms with van der Waals surface area (Å²) in [5.41, 5.74) is 0. The Kier molecular flexibility index (Phi) is 8.12. The molecule has 6 heteroatoms. The largest absolute Gasteiger partial charge is 0.481 e. The fourth-order valence-electron chi connectivity index (χ4n) is 2.94. The minimum Gasteiger partial charge on any atom is -0.481 e. The predicted molar refractivity (Wildman–Crippen MR) is 82.3 cm³/mol. The van der Waals surface area contributed by atoms with E-state index >= 15 is 0 Å². The molecule has 0 saturated heterocycles. The maximum Gasteiger partial charge on any atom is 0.314 e. The van der Waals surface area contributed by atoms with Crippen molar-refractivity contribution in [2.75, 3.05) is 32.7 Å². The van der Waals surface area contributed by atoms with E-state index in [1.54, 1.807) is 0 Å². The number of nitrogens with one attached hydrogen (secondary N) is 2. The van der Waals surface area contributed by atoms with Gasteiger partial charge in [-0.25, -0.2) is 4.79 Å². The molecule has 2 atom stereocenters. The van der Waals surface area contributed by atoms with Crippen molar-refractivity contribution in [1.82, 2.24) is 15.5 Å². The number of rotatable bonds is 9. The van der Waals surface area contributed by atoms with Crippen molar-refractivity contribution in [2.45, 2.75) is 39.5 Å². The molecule has 1 saturated carbocycles. The molecule has 1 rings (SSSR count). The number of hydrogen-bond acceptors (Lipinski definition) is 3. The third-order valence-corrected chi connectivity index (χ3v) is 4.33. The van der Waals surface area contributed by atoms with Crippen LogP contribution in [-0.4, -0.2) is 54.7 Å². The SMILES string of the molecule is CCN(CC)CCCNC(=O)NCC1CCCC1C(=O)O. The molecule has 0 radical (unpaired) electrons. The number of carbonyl (C=O) groups excluding carboxylic acids is 1. The maximum atomic E-state index is 11.7. The molecule has 0 aliphatic heterocycles. The van der Waals surface area contributed by atoms with E-state index in [0.717, 1.165) is 45.3 Å². The predicted octanol–water partition coefficient (Wildman–Crippen LogP) is 1.52. The molecule has 0 aromatic rings. The molecule has 0 heterocycles. The van der Waals surface area contributed by atoms with Gasteiger partial charge >= 0.3 is 12.0 Å². The lowest BCUT2D eigenvalue weighted by atomic mass is 9.96. The third-order valence-electron chi connectivity index (χ3n) is 4.33. The van der Waals surface area contributed by atoms with Gasteiger partial charge in [0.15, 0.2) is 0 Å². The number of carboxylic acids is 1. The minimum atomic E-state index is -0.737. The number of aliphatic carboxylic acids is 1. The minimum absolute atomic E-state index is 0.0731. The van der Waals surface area contributed by atoms with E-state index in [1.807, 2.05) is 0 Å². The molecular formula is C15H29N3O3. The van der Waals surface area contributed by atoms with E-state index in [-0.39, 0.29) is 17.9 Å². The lowest BCUT2D eigenvalue weighted by molar-refractivity contribution is -0.142. The molecule has 2 amide bonds. The van der Waals surface area contributed by atoms with Gasteiger partial charge in [-0.15, -0.1) is 0 Å². The Bertz CT molecular complexity index is 332. The highest BCUT2D eigenvalue weighted by atomic mass is 16.4. The zero-order valence-electron chi connectivity index (χ0n) is 13.2. The second-order valence-electron chi connectivity index (χ2n) is 5.65. The van der Waals surface area contributed by atoms with E-state index in [2.05, 4.69) is 29.4 Å². The molecule has 0 bridgehead atoms. The van der Waals surface area contributed by atoms with Crippen LogP contribution < -0.4 is 10.6 Å². The van der Waals surface area contributed by atoms with Gasteiger partial charge in [-0.05, 0) is 44.8 Å². The molecule has 3 N–H and O–H groups in total. The monoisotopic (exact) mass is 299 g/mol. The van der Waals surface area contributed by atoms with Crippen LogP contribution >= 0.6 is 0 Å². The van der Waals surface area contributed by atoms with E-state index < -0.39 is 5.97 Å². The van der Waals surface area contributed by atoms with E-state index in [1.165, 1.54) is 0 Å². The van der Waals surface area contributed by atoms with Gasteiger partial charge in [0.25, 0.3) is 0 Å². The molecule has 21 heavy (non-hydrogen) atoms. The Morgan fingerprint density at radius 2 is 1.90 bits per heavy atom. The molecule has 1 aliphatic carbocycles. The maximum absolute atomic E-state index is 11.7. The van der Waals surface area contributed by atoms with Crippen molar-refractivity contribution in [1.29, 1.82) is 0 Å². The van der Waals surface area contributed by atoms with Crippen LogP contribution in [0.25, 0.3) is 0 Å². The van der Waals surface area contributed by atoms with Gasteiger partial charge in [-0.3, -0.25) is 4.79 Å². The Morgan fingerprint density at radius 3 is 2.52 bits per heavy atom. The average Bonchev–Trinajstić information content (AvgIpc) is 2.94. The Balaban J connectivity index is 2.12. The fraction of sp³-hybridized carbons (Fsp3) is 0.867. The highest BCUT2D eigenvalue weighted by Gasteiger charge is 2.32. The van der Waals surface area contributed by atoms with E-state index in [9.17, 15) is 9.59 Å². The lowest BCUT2D eigenvalue weighted by Crippen LogP contribution is -2.40. The summed E-state index contributed by atoms with van der Waals surface area (Å²) in [5.74, 6) is -0.962. The molecule has 0 aromatic carbocycles. The summed E-state index contributed by atoms with van der Waals surface area (Å²) in [6.07, 6.45) is 3.48. The molecule has 1 aliphatic rings. The number of carboxylic acid groups (broad SMARTS) is 1. The van der Waals surface area contributed by atoms with Gasteiger partial charge in [-0.2, -0.15) is 0 Å². The molecule has 1 fully saturated rings. The summed E-state index contributed by atoms with van der Waals surface area (Å²) >= 11 is 0. The fourth-order valence-corrected chi connectivity index (χ4v) is 2.94. The van der Waals surface area contributed by atoms with Crippen LogP contribution in [-0.2, 0) is 4.79 Å². The molecule has 0 spiro atoms. The van der Waals surface area contributed by atoms with E-state index in [4.69, 9.17) is 5.11 Å². The van der Waals surface area contributed by atoms with Crippen molar-refractivity contribution < 1.29 is 14.7 Å². The lowest BCUT2D eigenvalue weighted by Gasteiger charge is -2.18. The van der Waals surface area contributed by atoms with Gasteiger partial charge in [0, 0.05) is 13.1 Å². The smallest absolute Gasteiger partial charge is 0.314 e. The molecule has 0 aromatic heterocycles. The molecule has 2 unspecified atom stereocenters. The summed E-state index contributed by atoms with van der Waals surface area (Å²) in [4.78, 5) is 25.0. The van der Waals surface area contributed by atoms with Crippen molar-refractivity contribution in [2.24, 2.45) is 11.8 Å². The van der Waals surface area contributed by atoms with Crippen LogP contribution in [0.2, 0.25) is 0 Å². The highest BCUT2D eigenvalue weighted by molar-refractivity contribution is 5.74. The second kappa shape index (κ2) is 9.60. The summed E-state index contributed by atoms with van der Waals surface area (Å²) in [6.45, 7) is 8.40. The van der Waals surface area contributed by atoms with Crippen LogP contribution in [0, 0.1) is 11.8 Å². The number of urea groups is 1. The Morgan fingerprint density at radius 1 is 1.19 bits per heavy atom. The normalized spacial score (nSPS) is 21.5. The molecule has 6 nitrogen and oxygen atoms in total. The summed E-state index contributed by atoms with van der Waals surface area (Å²) in [7, 11) is 0. The van der Waals surface area contributed by atoms with Crippen molar-refractivity contribution >= 4 is 12.0 Å². The first-order chi connectivity index (χ1) is 10.1. The summed E-state index contributed by atoms with van der Waals surface area (Å²) < 4.78 is 0. The number of amides is 2. The number of nitrogens with zero attached hydrogens (tertiary/aromatic N) is 1. The first kappa shape index (κ1) is 17.8. The van der Waals surface area contributed by atoms with Crippen LogP contribution in [0.5, 0.6) is 0 Å². The van der Waals surface area contributed by atoms with Crippen LogP contribution in [0.1, 0.15) is 39.5 Å². The summed E-state index contributed by atoms with van der Waals surface area (Å²) in [6, 6.07) is -0.189. The van der Waals surface area contributed by atoms with Crippen molar-refractivity contribution in [3.05, 3.63) is 0 Å². The average molecular weight is 299 g/mol. The van der Waals surface area contributed by atoms with Crippen molar-refractivity contribution in [3.63, 3.8) is 0 Å². The van der Waals surface area contributed by atoms with Gasteiger partial charge in [0.05, 0.1) is 5.92 Å². The molecule has 122 valence electrons. The molecular weight excluding hydrogens is 270 g/mol. The first-order valence-corrected chi connectivity index (χ1v) is 8.05. The first-order valence-electron chi connectivity index (χ1n) is 8.05. The Hall–Kier alpha value is -1.30. The highest BCUT2D eigenvalue weighted by Crippen LogP contribution is 2.31. The van der Waals surface area contributed by atoms with Crippen LogP contribution in [0.4, 0.5) is 4.79 Å². The second-order valence-corrected chi connectivity index (χ2v) is 5.65. The standard InChI is InChI=1S/C15H29N3O3/c1-3-18(4-2)10-6-9-16-15(21)17-11-12-7-5-8-13(12)14(19)20/h12-13H,3-11H2,1-2H3,(H,19,20)(H2,16,17,21). The number of hydrogen-bond donors (Lipinski definition) is 3. The zero-order chi connectivity index (χ0) is 15.7. The van der Waals surface area contributed by atoms with Crippen LogP contribution in [0.15, 0.2) is 0 Å². The Labute approximate surface area is 127 Å². The number of carbonyl (C=O) groups is 2. The quantitative estimate of drug-likeness (QED) is 0.564. The summed E-state index contributed by atoms with van der Waals surface area (Å²) in [5, 5.41) is 14.7. The topological polar surface area (TPSA) is 81.7 Å². The third kappa shape index (κ3) is 6.33.